The SMILES string of the molecule is CNC[C@@H]1Oc2cc(Br)ccc2S(=O)(=O)N([C@@H](C)CO)C[C@@H]1C. The van der Waals surface area contributed by atoms with Crippen molar-refractivity contribution < 1.29 is 18.3 Å². The topological polar surface area (TPSA) is 78.9 Å². The first kappa shape index (κ1) is 18.7. The number of halogens is 1. The van der Waals surface area contributed by atoms with Crippen LogP contribution in [0, 0.1) is 5.92 Å². The van der Waals surface area contributed by atoms with Crippen LogP contribution >= 0.6 is 15.9 Å². The van der Waals surface area contributed by atoms with Crippen LogP contribution in [0.1, 0.15) is 13.8 Å². The lowest BCUT2D eigenvalue weighted by Crippen LogP contribution is -2.49. The van der Waals surface area contributed by atoms with Crippen molar-refractivity contribution in [2.45, 2.75) is 30.9 Å². The van der Waals surface area contributed by atoms with Gasteiger partial charge in [0.2, 0.25) is 10.0 Å². The Morgan fingerprint density at radius 2 is 2.22 bits per heavy atom. The predicted molar refractivity (Wildman–Crippen MR) is 92.1 cm³/mol. The number of nitrogens with zero attached hydrogens (tertiary/aromatic N) is 1. The van der Waals surface area contributed by atoms with Crippen molar-refractivity contribution in [3.8, 4) is 5.75 Å². The Balaban J connectivity index is 2.58. The van der Waals surface area contributed by atoms with Gasteiger partial charge in [0.15, 0.2) is 0 Å². The number of rotatable bonds is 4. The largest absolute Gasteiger partial charge is 0.487 e. The third-order valence-corrected chi connectivity index (χ3v) is 6.55. The Morgan fingerprint density at radius 1 is 1.52 bits per heavy atom. The first-order valence-electron chi connectivity index (χ1n) is 7.54. The number of sulfonamides is 1. The number of hydrogen-bond donors (Lipinski definition) is 2. The van der Waals surface area contributed by atoms with Crippen molar-refractivity contribution >= 4 is 26.0 Å². The zero-order valence-electron chi connectivity index (χ0n) is 13.5. The molecule has 0 aliphatic carbocycles. The summed E-state index contributed by atoms with van der Waals surface area (Å²) in [7, 11) is -1.90. The molecule has 0 aromatic heterocycles. The smallest absolute Gasteiger partial charge is 0.247 e. The van der Waals surface area contributed by atoms with Crippen molar-refractivity contribution in [2.75, 3.05) is 26.7 Å². The van der Waals surface area contributed by atoms with Gasteiger partial charge in [0, 0.05) is 29.5 Å². The summed E-state index contributed by atoms with van der Waals surface area (Å²) in [6.45, 7) is 4.34. The number of benzene rings is 1. The maximum atomic E-state index is 13.0. The molecule has 1 aromatic carbocycles. The van der Waals surface area contributed by atoms with E-state index in [9.17, 15) is 13.5 Å². The minimum Gasteiger partial charge on any atom is -0.487 e. The first-order chi connectivity index (χ1) is 10.8. The molecule has 1 aromatic rings. The van der Waals surface area contributed by atoms with E-state index in [1.165, 1.54) is 10.4 Å². The average molecular weight is 407 g/mol. The maximum Gasteiger partial charge on any atom is 0.247 e. The Kier molecular flexibility index (Phi) is 6.07. The highest BCUT2D eigenvalue weighted by Crippen LogP contribution is 2.34. The molecule has 0 fully saturated rings. The molecule has 3 atom stereocenters. The van der Waals surface area contributed by atoms with E-state index in [0.717, 1.165) is 4.47 Å². The molecule has 2 rings (SSSR count). The van der Waals surface area contributed by atoms with E-state index in [1.54, 1.807) is 19.1 Å². The van der Waals surface area contributed by atoms with Gasteiger partial charge >= 0.3 is 0 Å². The highest BCUT2D eigenvalue weighted by Gasteiger charge is 2.37. The molecule has 1 heterocycles. The van der Waals surface area contributed by atoms with Crippen LogP contribution in [0.3, 0.4) is 0 Å². The van der Waals surface area contributed by atoms with Crippen molar-refractivity contribution in [1.29, 1.82) is 0 Å². The molecule has 0 bridgehead atoms. The van der Waals surface area contributed by atoms with Crippen LogP contribution in [0.5, 0.6) is 5.75 Å². The van der Waals surface area contributed by atoms with Crippen molar-refractivity contribution in [2.24, 2.45) is 5.92 Å². The Hall–Kier alpha value is -0.670. The minimum atomic E-state index is -3.73. The Labute approximate surface area is 146 Å². The average Bonchev–Trinajstić information content (AvgIpc) is 2.50. The molecule has 2 N–H and O–H groups in total. The number of aliphatic hydroxyl groups is 1. The van der Waals surface area contributed by atoms with E-state index in [-0.39, 0.29) is 23.5 Å². The fraction of sp³-hybridized carbons (Fsp3) is 0.600. The van der Waals surface area contributed by atoms with Crippen LogP contribution in [0.15, 0.2) is 27.6 Å². The second-order valence-electron chi connectivity index (χ2n) is 5.89. The summed E-state index contributed by atoms with van der Waals surface area (Å²) in [5.41, 5.74) is 0. The fourth-order valence-electron chi connectivity index (χ4n) is 2.64. The lowest BCUT2D eigenvalue weighted by molar-refractivity contribution is 0.103. The van der Waals surface area contributed by atoms with Crippen LogP contribution in [0.4, 0.5) is 0 Å². The van der Waals surface area contributed by atoms with Gasteiger partial charge in [-0.3, -0.25) is 0 Å². The molecule has 6 nitrogen and oxygen atoms in total. The molecule has 0 radical (unpaired) electrons. The Morgan fingerprint density at radius 3 is 2.83 bits per heavy atom. The number of nitrogens with one attached hydrogen (secondary N) is 1. The summed E-state index contributed by atoms with van der Waals surface area (Å²) >= 11 is 3.36. The summed E-state index contributed by atoms with van der Waals surface area (Å²) in [5, 5.41) is 12.6. The van der Waals surface area contributed by atoms with Gasteiger partial charge in [-0.1, -0.05) is 22.9 Å². The van der Waals surface area contributed by atoms with E-state index < -0.39 is 16.1 Å². The monoisotopic (exact) mass is 406 g/mol. The van der Waals surface area contributed by atoms with Gasteiger partial charge in [-0.25, -0.2) is 8.42 Å². The zero-order chi connectivity index (χ0) is 17.2. The van der Waals surface area contributed by atoms with Gasteiger partial charge in [-0.15, -0.1) is 0 Å². The minimum absolute atomic E-state index is 0.0293. The van der Waals surface area contributed by atoms with Gasteiger partial charge in [0.1, 0.15) is 16.7 Å². The number of likely N-dealkylation sites (N-methyl/N-ethyl adjacent to an activating group) is 1. The van der Waals surface area contributed by atoms with Crippen LogP contribution in [0.2, 0.25) is 0 Å². The molecule has 0 saturated heterocycles. The van der Waals surface area contributed by atoms with E-state index >= 15 is 0 Å². The molecule has 8 heteroatoms. The highest BCUT2D eigenvalue weighted by molar-refractivity contribution is 9.10. The maximum absolute atomic E-state index is 13.0. The molecule has 1 aliphatic heterocycles. The third kappa shape index (κ3) is 3.88. The number of aliphatic hydroxyl groups excluding tert-OH is 1. The lowest BCUT2D eigenvalue weighted by Gasteiger charge is -2.36. The summed E-state index contributed by atoms with van der Waals surface area (Å²) in [6, 6.07) is 4.40. The van der Waals surface area contributed by atoms with Gasteiger partial charge in [0.25, 0.3) is 0 Å². The van der Waals surface area contributed by atoms with Crippen molar-refractivity contribution in [3.63, 3.8) is 0 Å². The quantitative estimate of drug-likeness (QED) is 0.790. The Bertz CT molecular complexity index is 653. The molecular formula is C15H23BrN2O4S. The van der Waals surface area contributed by atoms with Gasteiger partial charge in [-0.05, 0) is 32.2 Å². The van der Waals surface area contributed by atoms with Crippen molar-refractivity contribution in [3.05, 3.63) is 22.7 Å². The number of fused-ring (bicyclic) bond motifs is 1. The molecule has 0 unspecified atom stereocenters. The molecule has 0 spiro atoms. The highest BCUT2D eigenvalue weighted by atomic mass is 79.9. The third-order valence-electron chi connectivity index (χ3n) is 4.03. The molecular weight excluding hydrogens is 384 g/mol. The van der Waals surface area contributed by atoms with Crippen LogP contribution in [-0.2, 0) is 10.0 Å². The molecule has 0 saturated carbocycles. The van der Waals surface area contributed by atoms with Crippen molar-refractivity contribution in [1.82, 2.24) is 9.62 Å². The standard InChI is InChI=1S/C15H23BrN2O4S/c1-10-8-18(11(2)9-19)23(20,21)15-5-4-12(16)6-13(15)22-14(10)7-17-3/h4-6,10-11,14,17,19H,7-9H2,1-3H3/t10-,11-,14-/m0/s1. The van der Waals surface area contributed by atoms with E-state index in [0.29, 0.717) is 18.8 Å². The first-order valence-corrected chi connectivity index (χ1v) is 9.78. The second kappa shape index (κ2) is 7.48. The van der Waals surface area contributed by atoms with E-state index in [4.69, 9.17) is 4.74 Å². The second-order valence-corrected chi connectivity index (χ2v) is 8.66. The number of hydrogen-bond acceptors (Lipinski definition) is 5. The van der Waals surface area contributed by atoms with E-state index in [2.05, 4.69) is 21.2 Å². The summed E-state index contributed by atoms with van der Waals surface area (Å²) in [4.78, 5) is 0.133. The van der Waals surface area contributed by atoms with Crippen LogP contribution < -0.4 is 10.1 Å². The molecule has 0 amide bonds. The van der Waals surface area contributed by atoms with Crippen LogP contribution in [0.25, 0.3) is 0 Å². The van der Waals surface area contributed by atoms with Gasteiger partial charge < -0.3 is 15.2 Å². The normalized spacial score (nSPS) is 25.8. The molecule has 130 valence electrons. The fourth-order valence-corrected chi connectivity index (χ4v) is 4.81. The summed E-state index contributed by atoms with van der Waals surface area (Å²) in [5.74, 6) is 0.305. The number of ether oxygens (including phenoxy) is 1. The van der Waals surface area contributed by atoms with Gasteiger partial charge in [-0.2, -0.15) is 4.31 Å². The van der Waals surface area contributed by atoms with Crippen LogP contribution in [-0.4, -0.2) is 56.7 Å². The molecule has 1 aliphatic rings. The van der Waals surface area contributed by atoms with Gasteiger partial charge in [0.05, 0.1) is 6.61 Å². The summed E-state index contributed by atoms with van der Waals surface area (Å²) in [6.07, 6.45) is -0.169. The zero-order valence-corrected chi connectivity index (χ0v) is 15.9. The summed E-state index contributed by atoms with van der Waals surface area (Å²) < 4.78 is 34.1. The molecule has 23 heavy (non-hydrogen) atoms. The predicted octanol–water partition coefficient (Wildman–Crippen LogP) is 1.44. The lowest BCUT2D eigenvalue weighted by atomic mass is 10.0. The van der Waals surface area contributed by atoms with E-state index in [1.807, 2.05) is 14.0 Å².